The molecular weight excluding hydrogens is 277 g/mol. The summed E-state index contributed by atoms with van der Waals surface area (Å²) in [4.78, 5) is 3.86. The van der Waals surface area contributed by atoms with Crippen LogP contribution in [0.25, 0.3) is 23.4 Å². The maximum Gasteiger partial charge on any atom is 0.155 e. The van der Waals surface area contributed by atoms with Crippen molar-refractivity contribution in [1.29, 1.82) is 0 Å². The Morgan fingerprint density at radius 3 is 2.52 bits per heavy atom. The molecule has 21 heavy (non-hydrogen) atoms. The van der Waals surface area contributed by atoms with Gasteiger partial charge in [0.05, 0.1) is 11.9 Å². The molecule has 0 aliphatic heterocycles. The minimum Gasteiger partial charge on any atom is -0.337 e. The highest BCUT2D eigenvalue weighted by Gasteiger charge is 2.29. The lowest BCUT2D eigenvalue weighted by molar-refractivity contribution is 0.271. The second kappa shape index (κ2) is 4.48. The van der Waals surface area contributed by atoms with Gasteiger partial charge in [-0.25, -0.2) is 13.2 Å². The van der Waals surface area contributed by atoms with Gasteiger partial charge in [0.1, 0.15) is 5.82 Å². The number of alkyl halides is 2. The monoisotopic (exact) mass is 290 g/mol. The number of aromatic nitrogens is 2. The van der Waals surface area contributed by atoms with E-state index in [4.69, 9.17) is 0 Å². The molecule has 0 aromatic carbocycles. The van der Waals surface area contributed by atoms with E-state index in [1.807, 2.05) is 4.57 Å². The lowest BCUT2D eigenvalue weighted by atomic mass is 10.1. The number of hydrogen-bond donors (Lipinski definition) is 0. The predicted octanol–water partition coefficient (Wildman–Crippen LogP) is 2.27. The van der Waals surface area contributed by atoms with Gasteiger partial charge in [0.15, 0.2) is 12.3 Å². The molecule has 0 N–H and O–H groups in total. The fraction of sp³-hybridized carbons (Fsp3) is 0.312. The summed E-state index contributed by atoms with van der Waals surface area (Å²) >= 11 is 0. The molecule has 1 saturated carbocycles. The van der Waals surface area contributed by atoms with E-state index < -0.39 is 18.2 Å². The van der Waals surface area contributed by atoms with E-state index in [9.17, 15) is 13.2 Å². The number of pyridine rings is 1. The van der Waals surface area contributed by atoms with Crippen LogP contribution in [0, 0.1) is 5.82 Å². The maximum absolute atomic E-state index is 13.6. The average molecular weight is 290 g/mol. The number of nitrogens with zero attached hydrogens (tertiary/aromatic N) is 2. The van der Waals surface area contributed by atoms with Crippen LogP contribution >= 0.6 is 0 Å². The van der Waals surface area contributed by atoms with E-state index in [2.05, 4.69) is 4.98 Å². The highest BCUT2D eigenvalue weighted by Crippen LogP contribution is 2.37. The summed E-state index contributed by atoms with van der Waals surface area (Å²) in [6.45, 7) is 0. The third-order valence-electron chi connectivity index (χ3n) is 3.98. The summed E-state index contributed by atoms with van der Waals surface area (Å²) in [7, 11) is 0. The Labute approximate surface area is 119 Å². The first-order valence-corrected chi connectivity index (χ1v) is 6.97. The van der Waals surface area contributed by atoms with E-state index >= 15 is 0 Å². The first-order chi connectivity index (χ1) is 10.1. The van der Waals surface area contributed by atoms with Gasteiger partial charge in [-0.3, -0.25) is 4.98 Å². The fourth-order valence-electron chi connectivity index (χ4n) is 2.88. The lowest BCUT2D eigenvalue weighted by Gasteiger charge is -2.12. The smallest absolute Gasteiger partial charge is 0.155 e. The van der Waals surface area contributed by atoms with Gasteiger partial charge in [-0.2, -0.15) is 0 Å². The van der Waals surface area contributed by atoms with Gasteiger partial charge in [0.2, 0.25) is 0 Å². The highest BCUT2D eigenvalue weighted by molar-refractivity contribution is 5.62. The molecule has 0 bridgehead atoms. The molecule has 2 aromatic heterocycles. The first-order valence-electron chi connectivity index (χ1n) is 6.97. The van der Waals surface area contributed by atoms with Crippen molar-refractivity contribution in [2.24, 2.45) is 0 Å². The SMILES string of the molecule is Fc1cncc(-c2cc3c(n2C2CC2)=CC(F)C(F)C=3)c1. The fourth-order valence-corrected chi connectivity index (χ4v) is 2.88. The third-order valence-corrected chi connectivity index (χ3v) is 3.98. The minimum atomic E-state index is -1.62. The molecule has 1 fully saturated rings. The van der Waals surface area contributed by atoms with Crippen LogP contribution in [0.2, 0.25) is 0 Å². The van der Waals surface area contributed by atoms with Crippen LogP contribution in [0.1, 0.15) is 18.9 Å². The molecule has 0 amide bonds. The molecule has 2 aliphatic carbocycles. The summed E-state index contributed by atoms with van der Waals surface area (Å²) in [6, 6.07) is 3.46. The average Bonchev–Trinajstić information content (AvgIpc) is 3.22. The van der Waals surface area contributed by atoms with Crippen molar-refractivity contribution in [3.63, 3.8) is 0 Å². The molecule has 2 aromatic rings. The molecule has 5 heteroatoms. The van der Waals surface area contributed by atoms with Gasteiger partial charge in [0.25, 0.3) is 0 Å². The molecule has 2 heterocycles. The van der Waals surface area contributed by atoms with E-state index in [0.717, 1.165) is 24.7 Å². The molecule has 4 rings (SSSR count). The summed E-state index contributed by atoms with van der Waals surface area (Å²) < 4.78 is 42.6. The van der Waals surface area contributed by atoms with Crippen molar-refractivity contribution < 1.29 is 13.2 Å². The normalized spacial score (nSPS) is 24.1. The third kappa shape index (κ3) is 2.07. The number of halogens is 3. The summed E-state index contributed by atoms with van der Waals surface area (Å²) in [5, 5.41) is 1.36. The minimum absolute atomic E-state index is 0.278. The zero-order valence-electron chi connectivity index (χ0n) is 11.1. The molecule has 0 saturated heterocycles. The largest absolute Gasteiger partial charge is 0.337 e. The summed E-state index contributed by atoms with van der Waals surface area (Å²) in [5.74, 6) is -0.422. The topological polar surface area (TPSA) is 17.8 Å². The van der Waals surface area contributed by atoms with Crippen LogP contribution in [-0.4, -0.2) is 21.9 Å². The van der Waals surface area contributed by atoms with Crippen molar-refractivity contribution in [3.05, 3.63) is 40.9 Å². The Kier molecular flexibility index (Phi) is 2.71. The van der Waals surface area contributed by atoms with Crippen LogP contribution in [0.3, 0.4) is 0 Å². The Morgan fingerprint density at radius 1 is 1.05 bits per heavy atom. The number of rotatable bonds is 2. The zero-order chi connectivity index (χ0) is 14.6. The highest BCUT2D eigenvalue weighted by atomic mass is 19.2. The van der Waals surface area contributed by atoms with Crippen molar-refractivity contribution in [3.8, 4) is 11.3 Å². The van der Waals surface area contributed by atoms with Gasteiger partial charge in [-0.15, -0.1) is 0 Å². The Balaban J connectivity index is 1.99. The molecule has 2 aliphatic rings. The van der Waals surface area contributed by atoms with Gasteiger partial charge < -0.3 is 4.57 Å². The van der Waals surface area contributed by atoms with E-state index in [1.165, 1.54) is 18.2 Å². The van der Waals surface area contributed by atoms with Crippen LogP contribution in [0.15, 0.2) is 24.5 Å². The standard InChI is InChI=1S/C16H13F3N2/c17-11-3-10(7-20-8-11)15-5-9-4-13(18)14(19)6-16(9)21(15)12-1-2-12/h3-8,12-14H,1-2H2. The maximum atomic E-state index is 13.6. The van der Waals surface area contributed by atoms with Gasteiger partial charge in [0, 0.05) is 23.2 Å². The summed E-state index contributed by atoms with van der Waals surface area (Å²) in [5.41, 5.74) is 1.40. The van der Waals surface area contributed by atoms with E-state index in [1.54, 1.807) is 12.3 Å². The summed E-state index contributed by atoms with van der Waals surface area (Å²) in [6.07, 6.45) is 4.10. The van der Waals surface area contributed by atoms with Crippen LogP contribution in [0.4, 0.5) is 13.2 Å². The Bertz CT molecular complexity index is 821. The predicted molar refractivity (Wildman–Crippen MR) is 73.9 cm³/mol. The zero-order valence-corrected chi connectivity index (χ0v) is 11.1. The van der Waals surface area contributed by atoms with Crippen molar-refractivity contribution in [1.82, 2.24) is 9.55 Å². The Hall–Kier alpha value is -2.04. The van der Waals surface area contributed by atoms with Crippen LogP contribution in [0.5, 0.6) is 0 Å². The van der Waals surface area contributed by atoms with Crippen LogP contribution in [-0.2, 0) is 0 Å². The first kappa shape index (κ1) is 12.7. The van der Waals surface area contributed by atoms with Crippen molar-refractivity contribution >= 4 is 12.2 Å². The van der Waals surface area contributed by atoms with E-state index in [-0.39, 0.29) is 6.04 Å². The molecule has 0 radical (unpaired) electrons. The number of fused-ring (bicyclic) bond motifs is 1. The molecule has 0 spiro atoms. The second-order valence-corrected chi connectivity index (χ2v) is 5.59. The van der Waals surface area contributed by atoms with Crippen molar-refractivity contribution in [2.45, 2.75) is 31.2 Å². The van der Waals surface area contributed by atoms with E-state index in [0.29, 0.717) is 16.1 Å². The Morgan fingerprint density at radius 2 is 1.81 bits per heavy atom. The molecule has 2 unspecified atom stereocenters. The van der Waals surface area contributed by atoms with Gasteiger partial charge >= 0.3 is 0 Å². The van der Waals surface area contributed by atoms with Gasteiger partial charge in [-0.05, 0) is 42.3 Å². The quantitative estimate of drug-likeness (QED) is 0.829. The number of hydrogen-bond acceptors (Lipinski definition) is 1. The molecule has 108 valence electrons. The molecular formula is C16H13F3N2. The van der Waals surface area contributed by atoms with Crippen molar-refractivity contribution in [2.75, 3.05) is 0 Å². The van der Waals surface area contributed by atoms with Gasteiger partial charge in [-0.1, -0.05) is 0 Å². The second-order valence-electron chi connectivity index (χ2n) is 5.59. The lowest BCUT2D eigenvalue weighted by Crippen LogP contribution is -2.37. The molecule has 2 atom stereocenters. The molecule has 2 nitrogen and oxygen atoms in total. The van der Waals surface area contributed by atoms with Crippen LogP contribution < -0.4 is 10.6 Å².